The van der Waals surface area contributed by atoms with Crippen LogP contribution in [0, 0.1) is 6.92 Å². The average Bonchev–Trinajstić information content (AvgIpc) is 2.62. The Bertz CT molecular complexity index is 424. The fourth-order valence-corrected chi connectivity index (χ4v) is 1.39. The summed E-state index contributed by atoms with van der Waals surface area (Å²) in [6, 6.07) is 5.63. The highest BCUT2D eigenvalue weighted by Crippen LogP contribution is 2.21. The molecule has 1 aromatic carbocycles. The molecule has 0 aliphatic carbocycles. The quantitative estimate of drug-likeness (QED) is 0.798. The van der Waals surface area contributed by atoms with Crippen LogP contribution in [0.4, 0.5) is 11.5 Å². The highest BCUT2D eigenvalue weighted by molar-refractivity contribution is 6.30. The van der Waals surface area contributed by atoms with Crippen LogP contribution in [0.25, 0.3) is 0 Å². The van der Waals surface area contributed by atoms with Gasteiger partial charge in [-0.3, -0.25) is 5.10 Å². The van der Waals surface area contributed by atoms with Crippen LogP contribution in [-0.4, -0.2) is 15.4 Å². The van der Waals surface area contributed by atoms with E-state index in [0.29, 0.717) is 5.82 Å². The lowest BCUT2D eigenvalue weighted by Crippen LogP contribution is -1.92. The van der Waals surface area contributed by atoms with E-state index in [1.54, 1.807) is 6.20 Å². The maximum atomic E-state index is 5.84. The summed E-state index contributed by atoms with van der Waals surface area (Å²) in [5.74, 6) is 0.690. The van der Waals surface area contributed by atoms with Gasteiger partial charge in [0.15, 0.2) is 5.82 Å². The largest absolute Gasteiger partial charge is 0.337 e. The van der Waals surface area contributed by atoms with E-state index in [-0.39, 0.29) is 0 Å². The third-order valence-corrected chi connectivity index (χ3v) is 2.10. The third-order valence-electron chi connectivity index (χ3n) is 1.87. The molecule has 0 atom stereocenters. The maximum absolute atomic E-state index is 5.84. The predicted molar refractivity (Wildman–Crippen MR) is 55.9 cm³/mol. The molecular formula is C9H9ClN4. The van der Waals surface area contributed by atoms with E-state index in [2.05, 4.69) is 20.7 Å². The monoisotopic (exact) mass is 208 g/mol. The van der Waals surface area contributed by atoms with E-state index >= 15 is 0 Å². The highest BCUT2D eigenvalue weighted by Gasteiger charge is 2.00. The SMILES string of the molecule is Cc1cc(Cl)ccc1Nc1c[nH]nn1. The van der Waals surface area contributed by atoms with Crippen molar-refractivity contribution in [3.05, 3.63) is 35.0 Å². The first-order valence-corrected chi connectivity index (χ1v) is 4.53. The zero-order valence-corrected chi connectivity index (χ0v) is 8.34. The molecular weight excluding hydrogens is 200 g/mol. The molecule has 0 amide bonds. The summed E-state index contributed by atoms with van der Waals surface area (Å²) in [4.78, 5) is 0. The third kappa shape index (κ3) is 1.85. The molecule has 4 nitrogen and oxygen atoms in total. The van der Waals surface area contributed by atoms with Gasteiger partial charge >= 0.3 is 0 Å². The van der Waals surface area contributed by atoms with Crippen molar-refractivity contribution < 1.29 is 0 Å². The van der Waals surface area contributed by atoms with Gasteiger partial charge in [-0.1, -0.05) is 16.8 Å². The number of hydrogen-bond donors (Lipinski definition) is 2. The number of nitrogens with zero attached hydrogens (tertiary/aromatic N) is 2. The topological polar surface area (TPSA) is 53.6 Å². The van der Waals surface area contributed by atoms with E-state index in [9.17, 15) is 0 Å². The molecule has 2 rings (SSSR count). The van der Waals surface area contributed by atoms with Gasteiger partial charge < -0.3 is 5.32 Å². The first-order valence-electron chi connectivity index (χ1n) is 4.15. The summed E-state index contributed by atoms with van der Waals surface area (Å²) in [6.07, 6.45) is 1.69. The van der Waals surface area contributed by atoms with Crippen molar-refractivity contribution in [3.8, 4) is 0 Å². The number of aromatic nitrogens is 3. The van der Waals surface area contributed by atoms with Crippen molar-refractivity contribution in [2.45, 2.75) is 6.92 Å². The first-order chi connectivity index (χ1) is 6.75. The summed E-state index contributed by atoms with van der Waals surface area (Å²) in [7, 11) is 0. The number of anilines is 2. The van der Waals surface area contributed by atoms with Crippen LogP contribution in [0.2, 0.25) is 5.02 Å². The molecule has 0 bridgehead atoms. The standard InChI is InChI=1S/C9H9ClN4/c1-6-4-7(10)2-3-8(6)12-9-5-11-14-13-9/h2-5H,1H3,(H2,11,12,13,14). The molecule has 0 unspecified atom stereocenters. The molecule has 0 saturated heterocycles. The molecule has 0 spiro atoms. The highest BCUT2D eigenvalue weighted by atomic mass is 35.5. The summed E-state index contributed by atoms with van der Waals surface area (Å²) in [5.41, 5.74) is 2.05. The molecule has 72 valence electrons. The van der Waals surface area contributed by atoms with Gasteiger partial charge in [0.1, 0.15) is 0 Å². The number of hydrogen-bond acceptors (Lipinski definition) is 3. The van der Waals surface area contributed by atoms with Crippen molar-refractivity contribution in [2.24, 2.45) is 0 Å². The maximum Gasteiger partial charge on any atom is 0.172 e. The summed E-state index contributed by atoms with van der Waals surface area (Å²) in [6.45, 7) is 1.98. The lowest BCUT2D eigenvalue weighted by atomic mass is 10.2. The van der Waals surface area contributed by atoms with Gasteiger partial charge in [-0.2, -0.15) is 0 Å². The Kier molecular flexibility index (Phi) is 2.37. The van der Waals surface area contributed by atoms with Gasteiger partial charge in [0.05, 0.1) is 6.20 Å². The van der Waals surface area contributed by atoms with Crippen LogP contribution in [0.15, 0.2) is 24.4 Å². The van der Waals surface area contributed by atoms with Crippen molar-refractivity contribution in [1.82, 2.24) is 15.4 Å². The fraction of sp³-hybridized carbons (Fsp3) is 0.111. The Balaban J connectivity index is 2.25. The zero-order valence-electron chi connectivity index (χ0n) is 7.58. The minimum atomic E-state index is 0.690. The number of H-pyrrole nitrogens is 1. The normalized spacial score (nSPS) is 10.1. The number of benzene rings is 1. The van der Waals surface area contributed by atoms with E-state index in [1.807, 2.05) is 25.1 Å². The first kappa shape index (κ1) is 9.02. The summed E-state index contributed by atoms with van der Waals surface area (Å²) in [5, 5.41) is 13.9. The van der Waals surface area contributed by atoms with Gasteiger partial charge in [0.2, 0.25) is 0 Å². The van der Waals surface area contributed by atoms with Gasteiger partial charge in [-0.15, -0.1) is 5.10 Å². The minimum Gasteiger partial charge on any atom is -0.337 e. The van der Waals surface area contributed by atoms with E-state index in [0.717, 1.165) is 16.3 Å². The molecule has 1 heterocycles. The molecule has 2 aromatic rings. The molecule has 1 aromatic heterocycles. The zero-order chi connectivity index (χ0) is 9.97. The number of aromatic amines is 1. The van der Waals surface area contributed by atoms with Crippen molar-refractivity contribution in [1.29, 1.82) is 0 Å². The van der Waals surface area contributed by atoms with Crippen LogP contribution in [0.5, 0.6) is 0 Å². The molecule has 14 heavy (non-hydrogen) atoms. The van der Waals surface area contributed by atoms with Crippen LogP contribution in [0.3, 0.4) is 0 Å². The fourth-order valence-electron chi connectivity index (χ4n) is 1.17. The van der Waals surface area contributed by atoms with Gasteiger partial charge in [-0.05, 0) is 30.7 Å². The van der Waals surface area contributed by atoms with Crippen LogP contribution < -0.4 is 5.32 Å². The molecule has 0 aliphatic rings. The van der Waals surface area contributed by atoms with Crippen LogP contribution in [-0.2, 0) is 0 Å². The average molecular weight is 209 g/mol. The lowest BCUT2D eigenvalue weighted by molar-refractivity contribution is 0.942. The molecule has 0 radical (unpaired) electrons. The second kappa shape index (κ2) is 3.67. The predicted octanol–water partition coefficient (Wildman–Crippen LogP) is 2.51. The van der Waals surface area contributed by atoms with Crippen molar-refractivity contribution in [2.75, 3.05) is 5.32 Å². The van der Waals surface area contributed by atoms with Crippen LogP contribution >= 0.6 is 11.6 Å². The molecule has 5 heteroatoms. The second-order valence-corrected chi connectivity index (χ2v) is 3.38. The Hall–Kier alpha value is -1.55. The Labute approximate surface area is 86.3 Å². The number of rotatable bonds is 2. The molecule has 0 saturated carbocycles. The summed E-state index contributed by atoms with van der Waals surface area (Å²) >= 11 is 5.84. The van der Waals surface area contributed by atoms with E-state index < -0.39 is 0 Å². The van der Waals surface area contributed by atoms with E-state index in [4.69, 9.17) is 11.6 Å². The minimum absolute atomic E-state index is 0.690. The Morgan fingerprint density at radius 3 is 2.93 bits per heavy atom. The van der Waals surface area contributed by atoms with Gasteiger partial charge in [0.25, 0.3) is 0 Å². The number of aryl methyl sites for hydroxylation is 1. The van der Waals surface area contributed by atoms with Gasteiger partial charge in [0, 0.05) is 10.7 Å². The lowest BCUT2D eigenvalue weighted by Gasteiger charge is -2.05. The number of nitrogens with one attached hydrogen (secondary N) is 2. The van der Waals surface area contributed by atoms with E-state index in [1.165, 1.54) is 0 Å². The van der Waals surface area contributed by atoms with Crippen molar-refractivity contribution in [3.63, 3.8) is 0 Å². The Morgan fingerprint density at radius 2 is 2.29 bits per heavy atom. The second-order valence-electron chi connectivity index (χ2n) is 2.94. The smallest absolute Gasteiger partial charge is 0.172 e. The van der Waals surface area contributed by atoms with Crippen LogP contribution in [0.1, 0.15) is 5.56 Å². The summed E-state index contributed by atoms with van der Waals surface area (Å²) < 4.78 is 0. The van der Waals surface area contributed by atoms with Gasteiger partial charge in [-0.25, -0.2) is 0 Å². The molecule has 0 fully saturated rings. The van der Waals surface area contributed by atoms with Crippen molar-refractivity contribution >= 4 is 23.1 Å². The molecule has 2 N–H and O–H groups in total. The number of halogens is 1. The Morgan fingerprint density at radius 1 is 1.43 bits per heavy atom. The molecule has 0 aliphatic heterocycles.